The molecule has 4 rings (SSSR count). The van der Waals surface area contributed by atoms with E-state index in [4.69, 9.17) is 4.74 Å². The Bertz CT molecular complexity index is 908. The summed E-state index contributed by atoms with van der Waals surface area (Å²) >= 11 is 0. The van der Waals surface area contributed by atoms with Gasteiger partial charge in [-0.15, -0.1) is 0 Å². The number of aromatic nitrogens is 1. The van der Waals surface area contributed by atoms with Crippen molar-refractivity contribution in [2.24, 2.45) is 0 Å². The van der Waals surface area contributed by atoms with Gasteiger partial charge in [-0.05, 0) is 42.7 Å². The molecule has 3 aromatic rings. The number of benzene rings is 2. The van der Waals surface area contributed by atoms with Crippen molar-refractivity contribution < 1.29 is 9.53 Å². The molecular formula is C24H25N3O2. The topological polar surface area (TPSA) is 54.5 Å². The lowest BCUT2D eigenvalue weighted by molar-refractivity contribution is 0.0980. The maximum atomic E-state index is 13.3. The first-order valence-electron chi connectivity index (χ1n) is 10.0. The van der Waals surface area contributed by atoms with Crippen molar-refractivity contribution in [1.29, 1.82) is 0 Å². The van der Waals surface area contributed by atoms with Gasteiger partial charge in [-0.2, -0.15) is 0 Å². The molecule has 1 fully saturated rings. The summed E-state index contributed by atoms with van der Waals surface area (Å²) in [5, 5.41) is 3.34. The first-order chi connectivity index (χ1) is 14.3. The van der Waals surface area contributed by atoms with Crippen LogP contribution in [0.4, 0.5) is 11.4 Å². The molecule has 0 bridgehead atoms. The molecule has 1 atom stereocenters. The third-order valence-corrected chi connectivity index (χ3v) is 5.04. The average Bonchev–Trinajstić information content (AvgIpc) is 3.31. The molecule has 1 unspecified atom stereocenters. The van der Waals surface area contributed by atoms with Crippen molar-refractivity contribution in [3.63, 3.8) is 0 Å². The lowest BCUT2D eigenvalue weighted by atomic mass is 10.1. The minimum Gasteiger partial charge on any atom is -0.381 e. The molecule has 5 nitrogen and oxygen atoms in total. The smallest absolute Gasteiger partial charge is 0.277 e. The van der Waals surface area contributed by atoms with Crippen LogP contribution in [0.1, 0.15) is 28.9 Å². The highest BCUT2D eigenvalue weighted by Crippen LogP contribution is 2.20. The minimum atomic E-state index is -0.120. The summed E-state index contributed by atoms with van der Waals surface area (Å²) in [4.78, 5) is 19.4. The van der Waals surface area contributed by atoms with Crippen LogP contribution in [0.3, 0.4) is 0 Å². The zero-order chi connectivity index (χ0) is 19.9. The summed E-state index contributed by atoms with van der Waals surface area (Å²) in [6.45, 7) is 2.10. The molecule has 0 spiro atoms. The molecule has 2 heterocycles. The van der Waals surface area contributed by atoms with Crippen LogP contribution in [-0.4, -0.2) is 30.1 Å². The molecule has 1 N–H and O–H groups in total. The highest BCUT2D eigenvalue weighted by atomic mass is 16.5. The number of pyridine rings is 1. The summed E-state index contributed by atoms with van der Waals surface area (Å²) < 4.78 is 5.63. The summed E-state index contributed by atoms with van der Waals surface area (Å²) in [5.74, 6) is -0.120. The van der Waals surface area contributed by atoms with E-state index in [2.05, 4.69) is 10.3 Å². The maximum Gasteiger partial charge on any atom is 0.277 e. The lowest BCUT2D eigenvalue weighted by Gasteiger charge is -2.23. The number of para-hydroxylation sites is 1. The zero-order valence-electron chi connectivity index (χ0n) is 16.3. The van der Waals surface area contributed by atoms with Gasteiger partial charge in [0.15, 0.2) is 0 Å². The van der Waals surface area contributed by atoms with Crippen LogP contribution in [0.25, 0.3) is 0 Å². The van der Waals surface area contributed by atoms with Crippen LogP contribution in [0, 0.1) is 0 Å². The minimum absolute atomic E-state index is 0.120. The monoisotopic (exact) mass is 387 g/mol. The number of hydrogen-bond donors (Lipinski definition) is 1. The Morgan fingerprint density at radius 2 is 1.79 bits per heavy atom. The number of nitrogens with one attached hydrogen (secondary N) is 1. The predicted molar refractivity (Wildman–Crippen MR) is 115 cm³/mol. The zero-order valence-corrected chi connectivity index (χ0v) is 16.3. The van der Waals surface area contributed by atoms with E-state index in [1.165, 1.54) is 0 Å². The Balaban J connectivity index is 1.49. The third-order valence-electron chi connectivity index (χ3n) is 5.04. The average molecular weight is 387 g/mol. The maximum absolute atomic E-state index is 13.3. The summed E-state index contributed by atoms with van der Waals surface area (Å²) in [6, 6.07) is 23.4. The van der Waals surface area contributed by atoms with Gasteiger partial charge in [0, 0.05) is 18.8 Å². The van der Waals surface area contributed by atoms with Crippen molar-refractivity contribution in [2.45, 2.75) is 25.5 Å². The molecule has 1 saturated heterocycles. The molecule has 0 aliphatic carbocycles. The lowest BCUT2D eigenvalue weighted by Crippen LogP contribution is -2.31. The quantitative estimate of drug-likeness (QED) is 0.648. The fourth-order valence-corrected chi connectivity index (χ4v) is 3.45. The van der Waals surface area contributed by atoms with Crippen LogP contribution in [-0.2, 0) is 11.3 Å². The van der Waals surface area contributed by atoms with Crippen molar-refractivity contribution in [1.82, 2.24) is 4.98 Å². The standard InChI is InChI=1S/C24H25N3O2/c28-24(23-14-13-20(16-26-23)25-17-22-12-7-15-29-22)27(21-10-5-2-6-11-21)18-19-8-3-1-4-9-19/h1-6,8-11,13-14,16,22,25H,7,12,15,17-18H2. The summed E-state index contributed by atoms with van der Waals surface area (Å²) in [7, 11) is 0. The van der Waals surface area contributed by atoms with Gasteiger partial charge in [0.2, 0.25) is 0 Å². The first kappa shape index (κ1) is 19.2. The van der Waals surface area contributed by atoms with E-state index in [-0.39, 0.29) is 12.0 Å². The Labute approximate surface area is 171 Å². The van der Waals surface area contributed by atoms with E-state index < -0.39 is 0 Å². The van der Waals surface area contributed by atoms with Crippen molar-refractivity contribution in [2.75, 3.05) is 23.4 Å². The second-order valence-electron chi connectivity index (χ2n) is 7.16. The number of anilines is 2. The van der Waals surface area contributed by atoms with E-state index in [0.717, 1.165) is 42.9 Å². The molecule has 0 saturated carbocycles. The Kier molecular flexibility index (Phi) is 6.17. The Morgan fingerprint density at radius 3 is 2.45 bits per heavy atom. The van der Waals surface area contributed by atoms with Gasteiger partial charge in [-0.25, -0.2) is 4.98 Å². The van der Waals surface area contributed by atoms with Crippen LogP contribution in [0.15, 0.2) is 79.0 Å². The van der Waals surface area contributed by atoms with Gasteiger partial charge in [-0.3, -0.25) is 4.79 Å². The van der Waals surface area contributed by atoms with E-state index in [1.54, 1.807) is 17.2 Å². The second kappa shape index (κ2) is 9.34. The highest BCUT2D eigenvalue weighted by Gasteiger charge is 2.20. The highest BCUT2D eigenvalue weighted by molar-refractivity contribution is 6.04. The Hall–Kier alpha value is -3.18. The summed E-state index contributed by atoms with van der Waals surface area (Å²) in [5.41, 5.74) is 3.24. The Morgan fingerprint density at radius 1 is 1.03 bits per heavy atom. The molecule has 1 aliphatic rings. The van der Waals surface area contributed by atoms with Gasteiger partial charge in [-0.1, -0.05) is 48.5 Å². The third kappa shape index (κ3) is 5.00. The van der Waals surface area contributed by atoms with Crippen LogP contribution >= 0.6 is 0 Å². The molecule has 5 heteroatoms. The number of rotatable bonds is 7. The van der Waals surface area contributed by atoms with Crippen molar-refractivity contribution >= 4 is 17.3 Å². The van der Waals surface area contributed by atoms with E-state index in [0.29, 0.717) is 12.2 Å². The molecule has 29 heavy (non-hydrogen) atoms. The fraction of sp³-hybridized carbons (Fsp3) is 0.250. The van der Waals surface area contributed by atoms with E-state index >= 15 is 0 Å². The predicted octanol–water partition coefficient (Wildman–Crippen LogP) is 4.52. The molecule has 1 amide bonds. The molecule has 1 aromatic heterocycles. The largest absolute Gasteiger partial charge is 0.381 e. The molecule has 2 aromatic carbocycles. The van der Waals surface area contributed by atoms with Crippen LogP contribution in [0.2, 0.25) is 0 Å². The first-order valence-corrected chi connectivity index (χ1v) is 10.0. The molecule has 1 aliphatic heterocycles. The summed E-state index contributed by atoms with van der Waals surface area (Å²) in [6.07, 6.45) is 4.18. The van der Waals surface area contributed by atoms with Crippen molar-refractivity contribution in [3.8, 4) is 0 Å². The number of hydrogen-bond acceptors (Lipinski definition) is 4. The number of ether oxygens (including phenoxy) is 1. The fourth-order valence-electron chi connectivity index (χ4n) is 3.45. The number of nitrogens with zero attached hydrogens (tertiary/aromatic N) is 2. The number of carbonyl (C=O) groups is 1. The van der Waals surface area contributed by atoms with Gasteiger partial charge < -0.3 is 15.0 Å². The molecule has 148 valence electrons. The molecular weight excluding hydrogens is 362 g/mol. The normalized spacial score (nSPS) is 15.8. The van der Waals surface area contributed by atoms with E-state index in [9.17, 15) is 4.79 Å². The van der Waals surface area contributed by atoms with Gasteiger partial charge in [0.1, 0.15) is 5.69 Å². The number of amides is 1. The number of carbonyl (C=O) groups excluding carboxylic acids is 1. The van der Waals surface area contributed by atoms with E-state index in [1.807, 2.05) is 66.7 Å². The van der Waals surface area contributed by atoms with Gasteiger partial charge in [0.25, 0.3) is 5.91 Å². The van der Waals surface area contributed by atoms with Crippen molar-refractivity contribution in [3.05, 3.63) is 90.3 Å². The van der Waals surface area contributed by atoms with Gasteiger partial charge in [0.05, 0.1) is 24.5 Å². The van der Waals surface area contributed by atoms with Crippen LogP contribution in [0.5, 0.6) is 0 Å². The van der Waals surface area contributed by atoms with Crippen LogP contribution < -0.4 is 10.2 Å². The van der Waals surface area contributed by atoms with Gasteiger partial charge >= 0.3 is 0 Å². The molecule has 0 radical (unpaired) electrons. The SMILES string of the molecule is O=C(c1ccc(NCC2CCCO2)cn1)N(Cc1ccccc1)c1ccccc1. The second-order valence-corrected chi connectivity index (χ2v) is 7.16.